The zero-order chi connectivity index (χ0) is 21.6. The molecule has 1 aromatic heterocycles. The predicted molar refractivity (Wildman–Crippen MR) is 122 cm³/mol. The molecular formula is C24H29N5O2. The molecule has 2 aromatic carbocycles. The smallest absolute Gasteiger partial charge is 0.320 e. The van der Waals surface area contributed by atoms with E-state index in [0.717, 1.165) is 31.0 Å². The number of carbonyl (C=O) groups excluding carboxylic acids is 1. The van der Waals surface area contributed by atoms with Gasteiger partial charge in [0, 0.05) is 38.7 Å². The molecule has 162 valence electrons. The molecule has 4 rings (SSSR count). The first-order valence-corrected chi connectivity index (χ1v) is 10.6. The molecule has 0 saturated carbocycles. The van der Waals surface area contributed by atoms with Gasteiger partial charge in [-0.15, -0.1) is 0 Å². The number of amides is 2. The lowest BCUT2D eigenvalue weighted by molar-refractivity contribution is 0.159. The van der Waals surface area contributed by atoms with E-state index < -0.39 is 0 Å². The van der Waals surface area contributed by atoms with Crippen molar-refractivity contribution < 1.29 is 9.53 Å². The van der Waals surface area contributed by atoms with Crippen molar-refractivity contribution in [1.82, 2.24) is 20.0 Å². The third-order valence-corrected chi connectivity index (χ3v) is 5.63. The molecule has 1 aliphatic heterocycles. The maximum atomic E-state index is 13.0. The number of aromatic nitrogens is 2. The van der Waals surface area contributed by atoms with Gasteiger partial charge in [0.05, 0.1) is 24.0 Å². The van der Waals surface area contributed by atoms with E-state index in [1.165, 1.54) is 5.56 Å². The lowest BCUT2D eigenvalue weighted by atomic mass is 9.94. The summed E-state index contributed by atoms with van der Waals surface area (Å²) >= 11 is 0. The van der Waals surface area contributed by atoms with Crippen LogP contribution in [-0.2, 0) is 4.74 Å². The fourth-order valence-electron chi connectivity index (χ4n) is 4.15. The van der Waals surface area contributed by atoms with Crippen molar-refractivity contribution in [3.63, 3.8) is 0 Å². The largest absolute Gasteiger partial charge is 0.383 e. The molecule has 0 unspecified atom stereocenters. The second-order valence-corrected chi connectivity index (χ2v) is 7.89. The van der Waals surface area contributed by atoms with Crippen LogP contribution in [0.3, 0.4) is 0 Å². The fourth-order valence-corrected chi connectivity index (χ4v) is 4.15. The zero-order valence-electron chi connectivity index (χ0n) is 18.0. The molecule has 7 nitrogen and oxygen atoms in total. The summed E-state index contributed by atoms with van der Waals surface area (Å²) in [7, 11) is 1.71. The van der Waals surface area contributed by atoms with E-state index in [1.54, 1.807) is 11.8 Å². The minimum atomic E-state index is -0.225. The molecule has 2 heterocycles. The summed E-state index contributed by atoms with van der Waals surface area (Å²) < 4.78 is 7.00. The van der Waals surface area contributed by atoms with Gasteiger partial charge in [-0.1, -0.05) is 48.5 Å². The number of hydrogen-bond donors (Lipinski definition) is 2. The van der Waals surface area contributed by atoms with Gasteiger partial charge < -0.3 is 10.1 Å². The van der Waals surface area contributed by atoms with Gasteiger partial charge in [0.1, 0.15) is 5.82 Å². The molecule has 1 aliphatic rings. The number of methoxy groups -OCH3 is 1. The molecule has 1 saturated heterocycles. The number of nitrogens with zero attached hydrogens (tertiary/aromatic N) is 3. The number of para-hydroxylation sites is 1. The zero-order valence-corrected chi connectivity index (χ0v) is 18.0. The van der Waals surface area contributed by atoms with Crippen molar-refractivity contribution in [1.29, 1.82) is 0 Å². The van der Waals surface area contributed by atoms with E-state index >= 15 is 0 Å². The maximum absolute atomic E-state index is 13.0. The van der Waals surface area contributed by atoms with Gasteiger partial charge in [0.2, 0.25) is 0 Å². The molecule has 7 heteroatoms. The third-order valence-electron chi connectivity index (χ3n) is 5.63. The van der Waals surface area contributed by atoms with E-state index in [-0.39, 0.29) is 18.0 Å². The van der Waals surface area contributed by atoms with E-state index in [2.05, 4.69) is 32.8 Å². The van der Waals surface area contributed by atoms with E-state index in [1.807, 2.05) is 61.5 Å². The Hall–Kier alpha value is -3.16. The molecule has 0 aliphatic carbocycles. The first-order valence-electron chi connectivity index (χ1n) is 10.6. The Morgan fingerprint density at radius 2 is 1.81 bits per heavy atom. The molecule has 1 fully saturated rings. The molecule has 0 radical (unpaired) electrons. The van der Waals surface area contributed by atoms with Crippen molar-refractivity contribution >= 4 is 11.8 Å². The van der Waals surface area contributed by atoms with Gasteiger partial charge in [-0.3, -0.25) is 10.2 Å². The Balaban J connectivity index is 1.48. The lowest BCUT2D eigenvalue weighted by Crippen LogP contribution is -2.42. The number of rotatable bonds is 7. The van der Waals surface area contributed by atoms with Crippen molar-refractivity contribution in [2.75, 3.05) is 38.7 Å². The average Bonchev–Trinajstić information content (AvgIpc) is 3.36. The summed E-state index contributed by atoms with van der Waals surface area (Å²) in [6, 6.07) is 21.8. The van der Waals surface area contributed by atoms with Gasteiger partial charge in [0.15, 0.2) is 0 Å². The number of nitrogens with one attached hydrogen (secondary N) is 2. The third kappa shape index (κ3) is 5.13. The second-order valence-electron chi connectivity index (χ2n) is 7.89. The van der Waals surface area contributed by atoms with Crippen LogP contribution in [0.25, 0.3) is 5.69 Å². The van der Waals surface area contributed by atoms with E-state index in [0.29, 0.717) is 12.4 Å². The fraction of sp³-hybridized carbons (Fsp3) is 0.333. The molecule has 0 spiro atoms. The normalized spacial score (nSPS) is 18.8. The number of benzene rings is 2. The Bertz CT molecular complexity index is 990. The number of carbonyl (C=O) groups is 1. The van der Waals surface area contributed by atoms with Crippen molar-refractivity contribution in [3.8, 4) is 5.69 Å². The second kappa shape index (κ2) is 9.76. The van der Waals surface area contributed by atoms with Crippen molar-refractivity contribution in [2.45, 2.75) is 18.9 Å². The highest BCUT2D eigenvalue weighted by atomic mass is 16.5. The summed E-state index contributed by atoms with van der Waals surface area (Å²) in [6.07, 6.45) is 0. The van der Waals surface area contributed by atoms with Crippen molar-refractivity contribution in [2.24, 2.45) is 0 Å². The number of aryl methyl sites for hydroxylation is 1. The topological polar surface area (TPSA) is 71.4 Å². The molecule has 0 bridgehead atoms. The summed E-state index contributed by atoms with van der Waals surface area (Å²) in [5, 5.41) is 10.7. The van der Waals surface area contributed by atoms with Gasteiger partial charge in [0.25, 0.3) is 0 Å². The van der Waals surface area contributed by atoms with E-state index in [4.69, 9.17) is 4.74 Å². The molecule has 2 N–H and O–H groups in total. The van der Waals surface area contributed by atoms with Gasteiger partial charge >= 0.3 is 6.03 Å². The van der Waals surface area contributed by atoms with Crippen LogP contribution in [0.15, 0.2) is 66.7 Å². The number of anilines is 1. The number of likely N-dealkylation sites (tertiary alicyclic amines) is 1. The van der Waals surface area contributed by atoms with Crippen LogP contribution in [0.5, 0.6) is 0 Å². The molecular weight excluding hydrogens is 390 g/mol. The SMILES string of the molecule is COCCN1C[C@H](NC(=O)Nc2cc(C)nn2-c2ccccc2)[C@@H](c2ccccc2)C1. The van der Waals surface area contributed by atoms with Crippen LogP contribution in [0, 0.1) is 6.92 Å². The van der Waals surface area contributed by atoms with Crippen LogP contribution in [0.2, 0.25) is 0 Å². The average molecular weight is 420 g/mol. The minimum Gasteiger partial charge on any atom is -0.383 e. The maximum Gasteiger partial charge on any atom is 0.320 e. The summed E-state index contributed by atoms with van der Waals surface area (Å²) in [5.41, 5.74) is 2.98. The molecule has 2 atom stereocenters. The van der Waals surface area contributed by atoms with Crippen molar-refractivity contribution in [3.05, 3.63) is 78.0 Å². The number of ether oxygens (including phenoxy) is 1. The van der Waals surface area contributed by atoms with E-state index in [9.17, 15) is 4.79 Å². The monoisotopic (exact) mass is 419 g/mol. The van der Waals surface area contributed by atoms with Crippen LogP contribution >= 0.6 is 0 Å². The molecule has 31 heavy (non-hydrogen) atoms. The Morgan fingerprint density at radius 1 is 1.10 bits per heavy atom. The molecule has 2 amide bonds. The summed E-state index contributed by atoms with van der Waals surface area (Å²) in [4.78, 5) is 15.3. The Morgan fingerprint density at radius 3 is 2.52 bits per heavy atom. The highest BCUT2D eigenvalue weighted by Crippen LogP contribution is 2.27. The minimum absolute atomic E-state index is 0.00782. The Kier molecular flexibility index (Phi) is 6.64. The van der Waals surface area contributed by atoms with Crippen LogP contribution < -0.4 is 10.6 Å². The number of hydrogen-bond acceptors (Lipinski definition) is 4. The molecule has 3 aromatic rings. The first kappa shape index (κ1) is 21.1. The summed E-state index contributed by atoms with van der Waals surface area (Å²) in [6.45, 7) is 5.11. The number of urea groups is 1. The van der Waals surface area contributed by atoms with Crippen LogP contribution in [-0.4, -0.2) is 60.1 Å². The van der Waals surface area contributed by atoms with Gasteiger partial charge in [-0.05, 0) is 24.6 Å². The predicted octanol–water partition coefficient (Wildman–Crippen LogP) is 3.42. The first-order chi connectivity index (χ1) is 15.1. The highest BCUT2D eigenvalue weighted by molar-refractivity contribution is 5.89. The van der Waals surface area contributed by atoms with Gasteiger partial charge in [-0.2, -0.15) is 5.10 Å². The lowest BCUT2D eigenvalue weighted by Gasteiger charge is -2.20. The Labute approximate surface area is 183 Å². The summed E-state index contributed by atoms with van der Waals surface area (Å²) in [5.74, 6) is 0.872. The quantitative estimate of drug-likeness (QED) is 0.616. The highest BCUT2D eigenvalue weighted by Gasteiger charge is 2.34. The van der Waals surface area contributed by atoms with Crippen LogP contribution in [0.4, 0.5) is 10.6 Å². The van der Waals surface area contributed by atoms with Gasteiger partial charge in [-0.25, -0.2) is 9.48 Å². The van der Waals surface area contributed by atoms with Crippen LogP contribution in [0.1, 0.15) is 17.2 Å². The standard InChI is InChI=1S/C24H29N5O2/c1-18-15-23(29(27-18)20-11-7-4-8-12-20)26-24(30)25-22-17-28(13-14-31-2)16-21(22)19-9-5-3-6-10-19/h3-12,15,21-22H,13-14,16-17H2,1-2H3,(H2,25,26,30)/t21-,22+/m1/s1.